The third kappa shape index (κ3) is 4.18. The highest BCUT2D eigenvalue weighted by Crippen LogP contribution is 2.25. The Morgan fingerprint density at radius 3 is 2.76 bits per heavy atom. The molecule has 1 unspecified atom stereocenters. The molecule has 1 aromatic carbocycles. The number of carboxylic acids is 1. The molecule has 0 heterocycles. The molecule has 17 heavy (non-hydrogen) atoms. The minimum absolute atomic E-state index is 0.00306. The number of aromatic hydroxyl groups is 1. The molecule has 0 radical (unpaired) electrons. The van der Waals surface area contributed by atoms with Gasteiger partial charge in [0.1, 0.15) is 11.5 Å². The van der Waals surface area contributed by atoms with Crippen molar-refractivity contribution in [3.8, 4) is 11.5 Å². The summed E-state index contributed by atoms with van der Waals surface area (Å²) in [6.45, 7) is 3.95. The Hall–Kier alpha value is -1.97. The second-order valence-electron chi connectivity index (χ2n) is 3.73. The van der Waals surface area contributed by atoms with Gasteiger partial charge in [-0.15, -0.1) is 0 Å². The molecule has 4 nitrogen and oxygen atoms in total. The van der Waals surface area contributed by atoms with Crippen molar-refractivity contribution in [2.45, 2.75) is 26.4 Å². The van der Waals surface area contributed by atoms with Crippen LogP contribution in [0.2, 0.25) is 0 Å². The van der Waals surface area contributed by atoms with E-state index in [1.54, 1.807) is 12.1 Å². The van der Waals surface area contributed by atoms with Crippen LogP contribution < -0.4 is 4.74 Å². The third-order valence-corrected chi connectivity index (χ3v) is 2.32. The molecule has 1 atom stereocenters. The van der Waals surface area contributed by atoms with Crippen LogP contribution in [-0.4, -0.2) is 22.3 Å². The van der Waals surface area contributed by atoms with E-state index in [0.717, 1.165) is 12.5 Å². The summed E-state index contributed by atoms with van der Waals surface area (Å²) < 4.78 is 5.52. The predicted octanol–water partition coefficient (Wildman–Crippen LogP) is 2.67. The highest BCUT2D eigenvalue weighted by atomic mass is 16.5. The summed E-state index contributed by atoms with van der Waals surface area (Å²) in [5.41, 5.74) is 0.448. The second kappa shape index (κ2) is 5.94. The molecular weight excluding hydrogens is 220 g/mol. The minimum Gasteiger partial charge on any atom is -0.507 e. The number of hydrogen-bond donors (Lipinski definition) is 2. The van der Waals surface area contributed by atoms with Gasteiger partial charge in [-0.2, -0.15) is 0 Å². The molecule has 0 saturated carbocycles. The van der Waals surface area contributed by atoms with Gasteiger partial charge in [0.2, 0.25) is 0 Å². The topological polar surface area (TPSA) is 66.8 Å². The molecule has 0 fully saturated rings. The average molecular weight is 236 g/mol. The number of ether oxygens (including phenoxy) is 1. The summed E-state index contributed by atoms with van der Waals surface area (Å²) in [6.07, 6.45) is 3.27. The van der Waals surface area contributed by atoms with Gasteiger partial charge in [0.25, 0.3) is 0 Å². The summed E-state index contributed by atoms with van der Waals surface area (Å²) in [5, 5.41) is 18.1. The van der Waals surface area contributed by atoms with Gasteiger partial charge >= 0.3 is 5.97 Å². The summed E-state index contributed by atoms with van der Waals surface area (Å²) in [4.78, 5) is 10.3. The fourth-order valence-corrected chi connectivity index (χ4v) is 1.21. The molecule has 4 heteroatoms. The van der Waals surface area contributed by atoms with Gasteiger partial charge in [0.15, 0.2) is 0 Å². The summed E-state index contributed by atoms with van der Waals surface area (Å²) in [7, 11) is 0. The first-order valence-corrected chi connectivity index (χ1v) is 5.43. The van der Waals surface area contributed by atoms with Gasteiger partial charge in [0.05, 0.1) is 6.10 Å². The lowest BCUT2D eigenvalue weighted by atomic mass is 10.1. The molecule has 2 N–H and O–H groups in total. The Balaban J connectivity index is 2.82. The number of carboxylic acid groups (broad SMARTS) is 1. The largest absolute Gasteiger partial charge is 0.507 e. The van der Waals surface area contributed by atoms with Crippen molar-refractivity contribution in [1.82, 2.24) is 0 Å². The monoisotopic (exact) mass is 236 g/mol. The molecule has 0 aliphatic heterocycles. The van der Waals surface area contributed by atoms with E-state index in [-0.39, 0.29) is 11.9 Å². The normalized spacial score (nSPS) is 12.6. The highest BCUT2D eigenvalue weighted by molar-refractivity contribution is 5.85. The Labute approximate surface area is 100 Å². The van der Waals surface area contributed by atoms with Gasteiger partial charge in [-0.3, -0.25) is 0 Å². The lowest BCUT2D eigenvalue weighted by Gasteiger charge is -2.13. The van der Waals surface area contributed by atoms with Crippen LogP contribution in [-0.2, 0) is 4.79 Å². The Morgan fingerprint density at radius 1 is 1.53 bits per heavy atom. The van der Waals surface area contributed by atoms with E-state index in [1.807, 2.05) is 13.8 Å². The Morgan fingerprint density at radius 2 is 2.24 bits per heavy atom. The maximum absolute atomic E-state index is 10.3. The number of carbonyl (C=O) groups is 1. The standard InChI is InChI=1S/C13H16O4/c1-3-9(2)17-11-6-4-10(12(14)8-11)5-7-13(15)16/h4-9,14H,3H2,1-2H3,(H,15,16). The Kier molecular flexibility index (Phi) is 4.57. The minimum atomic E-state index is -1.05. The molecule has 0 spiro atoms. The molecule has 0 aliphatic rings. The summed E-state index contributed by atoms with van der Waals surface area (Å²) in [6, 6.07) is 4.80. The van der Waals surface area contributed by atoms with Crippen molar-refractivity contribution >= 4 is 12.0 Å². The quantitative estimate of drug-likeness (QED) is 0.771. The van der Waals surface area contributed by atoms with Crippen LogP contribution in [0.25, 0.3) is 6.08 Å². The Bertz CT molecular complexity index is 423. The van der Waals surface area contributed by atoms with E-state index in [0.29, 0.717) is 11.3 Å². The van der Waals surface area contributed by atoms with Crippen LogP contribution >= 0.6 is 0 Å². The van der Waals surface area contributed by atoms with Crippen LogP contribution in [0.5, 0.6) is 11.5 Å². The van der Waals surface area contributed by atoms with Crippen LogP contribution in [0.1, 0.15) is 25.8 Å². The van der Waals surface area contributed by atoms with Crippen molar-refractivity contribution < 1.29 is 19.7 Å². The molecule has 0 amide bonds. The molecule has 0 saturated heterocycles. The van der Waals surface area contributed by atoms with Gasteiger partial charge in [0, 0.05) is 17.7 Å². The zero-order valence-corrected chi connectivity index (χ0v) is 9.88. The second-order valence-corrected chi connectivity index (χ2v) is 3.73. The average Bonchev–Trinajstić information content (AvgIpc) is 2.27. The molecule has 0 aliphatic carbocycles. The van der Waals surface area contributed by atoms with E-state index in [1.165, 1.54) is 12.1 Å². The fraction of sp³-hybridized carbons (Fsp3) is 0.308. The third-order valence-electron chi connectivity index (χ3n) is 2.32. The first-order valence-electron chi connectivity index (χ1n) is 5.43. The molecule has 0 aromatic heterocycles. The number of rotatable bonds is 5. The first kappa shape index (κ1) is 13.1. The molecule has 0 bridgehead atoms. The lowest BCUT2D eigenvalue weighted by molar-refractivity contribution is -0.131. The van der Waals surface area contributed by atoms with Crippen LogP contribution in [0.4, 0.5) is 0 Å². The zero-order chi connectivity index (χ0) is 12.8. The maximum atomic E-state index is 10.3. The zero-order valence-electron chi connectivity index (χ0n) is 9.88. The molecule has 1 rings (SSSR count). The summed E-state index contributed by atoms with van der Waals surface area (Å²) in [5.74, 6) is -0.475. The maximum Gasteiger partial charge on any atom is 0.328 e. The highest BCUT2D eigenvalue weighted by Gasteiger charge is 2.04. The number of benzene rings is 1. The lowest BCUT2D eigenvalue weighted by Crippen LogP contribution is -2.09. The summed E-state index contributed by atoms with van der Waals surface area (Å²) >= 11 is 0. The van der Waals surface area contributed by atoms with Crippen molar-refractivity contribution in [3.63, 3.8) is 0 Å². The van der Waals surface area contributed by atoms with Gasteiger partial charge in [-0.1, -0.05) is 6.92 Å². The molecule has 92 valence electrons. The molecular formula is C13H16O4. The molecule has 1 aromatic rings. The van der Waals surface area contributed by atoms with Crippen LogP contribution in [0, 0.1) is 0 Å². The van der Waals surface area contributed by atoms with Crippen molar-refractivity contribution in [3.05, 3.63) is 29.8 Å². The smallest absolute Gasteiger partial charge is 0.328 e. The number of phenolic OH excluding ortho intramolecular Hbond substituents is 1. The van der Waals surface area contributed by atoms with Gasteiger partial charge < -0.3 is 14.9 Å². The van der Waals surface area contributed by atoms with E-state index in [4.69, 9.17) is 9.84 Å². The van der Waals surface area contributed by atoms with E-state index in [2.05, 4.69) is 0 Å². The van der Waals surface area contributed by atoms with Crippen LogP contribution in [0.15, 0.2) is 24.3 Å². The van der Waals surface area contributed by atoms with Crippen LogP contribution in [0.3, 0.4) is 0 Å². The predicted molar refractivity (Wildman–Crippen MR) is 65.2 cm³/mol. The van der Waals surface area contributed by atoms with E-state index < -0.39 is 5.97 Å². The number of aliphatic carboxylic acids is 1. The van der Waals surface area contributed by atoms with Gasteiger partial charge in [-0.25, -0.2) is 4.79 Å². The fourth-order valence-electron chi connectivity index (χ4n) is 1.21. The van der Waals surface area contributed by atoms with Crippen molar-refractivity contribution in [2.75, 3.05) is 0 Å². The van der Waals surface area contributed by atoms with E-state index >= 15 is 0 Å². The number of phenols is 1. The van der Waals surface area contributed by atoms with Crippen molar-refractivity contribution in [1.29, 1.82) is 0 Å². The number of hydrogen-bond acceptors (Lipinski definition) is 3. The van der Waals surface area contributed by atoms with Gasteiger partial charge in [-0.05, 0) is 31.6 Å². The van der Waals surface area contributed by atoms with Crippen molar-refractivity contribution in [2.24, 2.45) is 0 Å². The SMILES string of the molecule is CCC(C)Oc1ccc(C=CC(=O)O)c(O)c1. The van der Waals surface area contributed by atoms with E-state index in [9.17, 15) is 9.90 Å². The first-order chi connectivity index (χ1) is 8.02.